The molecule has 1 amide bonds. The lowest BCUT2D eigenvalue weighted by atomic mass is 9.94. The molecular formula is C21H10BrCl2F7N4OS. The number of halogens is 10. The minimum atomic E-state index is -6.30. The Morgan fingerprint density at radius 2 is 1.76 bits per heavy atom. The van der Waals surface area contributed by atoms with E-state index in [2.05, 4.69) is 26.3 Å². The molecule has 2 heterocycles. The molecule has 1 aromatic carbocycles. The molecule has 0 unspecified atom stereocenters. The van der Waals surface area contributed by atoms with Crippen LogP contribution in [0, 0.1) is 11.3 Å². The molecule has 3 aromatic rings. The molecule has 0 spiro atoms. The molecule has 1 aliphatic rings. The zero-order valence-electron chi connectivity index (χ0n) is 17.7. The zero-order valence-corrected chi connectivity index (χ0v) is 21.7. The van der Waals surface area contributed by atoms with Crippen LogP contribution in [0.25, 0.3) is 16.1 Å². The average molecular weight is 650 g/mol. The predicted octanol–water partition coefficient (Wildman–Crippen LogP) is 7.75. The molecule has 16 heteroatoms. The number of rotatable bonds is 5. The second-order valence-corrected chi connectivity index (χ2v) is 11.0. The summed E-state index contributed by atoms with van der Waals surface area (Å²) in [6.45, 7) is 0. The van der Waals surface area contributed by atoms with Gasteiger partial charge in [-0.2, -0.15) is 36.7 Å². The van der Waals surface area contributed by atoms with Crippen molar-refractivity contribution in [3.63, 3.8) is 0 Å². The van der Waals surface area contributed by atoms with Gasteiger partial charge in [-0.25, -0.2) is 9.07 Å². The van der Waals surface area contributed by atoms with Crippen molar-refractivity contribution < 1.29 is 35.5 Å². The molecule has 0 bridgehead atoms. The van der Waals surface area contributed by atoms with E-state index in [0.717, 1.165) is 16.0 Å². The highest BCUT2D eigenvalue weighted by Gasteiger charge is 2.73. The van der Waals surface area contributed by atoms with Crippen LogP contribution in [0.15, 0.2) is 35.1 Å². The third-order valence-electron chi connectivity index (χ3n) is 5.54. The first kappa shape index (κ1) is 27.7. The molecule has 4 rings (SSSR count). The lowest BCUT2D eigenvalue weighted by Crippen LogP contribution is -2.50. The van der Waals surface area contributed by atoms with E-state index in [1.807, 2.05) is 6.07 Å². The van der Waals surface area contributed by atoms with Gasteiger partial charge in [0.05, 0.1) is 28.5 Å². The fourth-order valence-electron chi connectivity index (χ4n) is 3.38. The van der Waals surface area contributed by atoms with E-state index in [1.165, 1.54) is 18.5 Å². The molecule has 1 fully saturated rings. The van der Waals surface area contributed by atoms with E-state index in [1.54, 1.807) is 0 Å². The molecule has 1 N–H and O–H groups in total. The van der Waals surface area contributed by atoms with Gasteiger partial charge in [-0.1, -0.05) is 23.2 Å². The highest BCUT2D eigenvalue weighted by molar-refractivity contribution is 9.10. The first-order chi connectivity index (χ1) is 17.0. The van der Waals surface area contributed by atoms with Gasteiger partial charge in [0.1, 0.15) is 9.88 Å². The van der Waals surface area contributed by atoms with E-state index < -0.39 is 44.5 Å². The summed E-state index contributed by atoms with van der Waals surface area (Å²) in [5, 5.41) is 15.1. The lowest BCUT2D eigenvalue weighted by molar-refractivity contribution is -0.348. The molecule has 1 saturated carbocycles. The normalized spacial score (nSPS) is 15.4. The summed E-state index contributed by atoms with van der Waals surface area (Å²) < 4.78 is 94.1. The average Bonchev–Trinajstić information content (AvgIpc) is 3.19. The number of carbonyl (C=O) groups excluding carboxylic acids is 1. The number of nitriles is 1. The maximum absolute atomic E-state index is 14.5. The summed E-state index contributed by atoms with van der Waals surface area (Å²) in [7, 11) is 0. The maximum Gasteiger partial charge on any atom is 0.435 e. The highest BCUT2D eigenvalue weighted by Crippen LogP contribution is 2.54. The van der Waals surface area contributed by atoms with E-state index in [9.17, 15) is 35.5 Å². The maximum atomic E-state index is 14.5. The first-order valence-electron chi connectivity index (χ1n) is 9.93. The Balaban J connectivity index is 1.68. The number of nitrogens with one attached hydrogen (secondary N) is 1. The number of alkyl halides is 7. The van der Waals surface area contributed by atoms with Crippen molar-refractivity contribution in [3.05, 3.63) is 55.6 Å². The van der Waals surface area contributed by atoms with E-state index in [4.69, 9.17) is 28.5 Å². The van der Waals surface area contributed by atoms with Gasteiger partial charge in [0.2, 0.25) is 0 Å². The van der Waals surface area contributed by atoms with Crippen molar-refractivity contribution in [2.75, 3.05) is 0 Å². The summed E-state index contributed by atoms with van der Waals surface area (Å²) in [5.74, 6) is -0.552. The van der Waals surface area contributed by atoms with Crippen LogP contribution in [0.4, 0.5) is 30.7 Å². The first-order valence-corrected chi connectivity index (χ1v) is 12.3. The van der Waals surface area contributed by atoms with Crippen molar-refractivity contribution in [1.82, 2.24) is 15.1 Å². The molecule has 1 aliphatic carbocycles. The molecule has 5 nitrogen and oxygen atoms in total. The van der Waals surface area contributed by atoms with Crippen molar-refractivity contribution in [1.29, 1.82) is 5.26 Å². The van der Waals surface area contributed by atoms with Crippen LogP contribution in [-0.2, 0) is 5.67 Å². The fourth-order valence-corrected chi connectivity index (χ4v) is 5.69. The van der Waals surface area contributed by atoms with Gasteiger partial charge >= 0.3 is 18.0 Å². The molecule has 0 radical (unpaired) electrons. The summed E-state index contributed by atoms with van der Waals surface area (Å²) in [4.78, 5) is 13.0. The van der Waals surface area contributed by atoms with Gasteiger partial charge in [0.25, 0.3) is 5.91 Å². The fraction of sp³-hybridized carbons (Fsp3) is 0.286. The minimum absolute atomic E-state index is 0.109. The Hall–Kier alpha value is -2.34. The Bertz CT molecular complexity index is 1400. The number of benzene rings is 1. The summed E-state index contributed by atoms with van der Waals surface area (Å²) >= 11 is 16.0. The molecule has 37 heavy (non-hydrogen) atoms. The van der Waals surface area contributed by atoms with Crippen LogP contribution in [0.5, 0.6) is 0 Å². The van der Waals surface area contributed by atoms with Gasteiger partial charge in [-0.3, -0.25) is 4.79 Å². The van der Waals surface area contributed by atoms with Crippen LogP contribution >= 0.6 is 50.5 Å². The van der Waals surface area contributed by atoms with Crippen molar-refractivity contribution >= 4 is 56.4 Å². The largest absolute Gasteiger partial charge is 0.435 e. The smallest absolute Gasteiger partial charge is 0.334 e. The number of carbonyl (C=O) groups is 1. The van der Waals surface area contributed by atoms with Crippen LogP contribution < -0.4 is 5.32 Å². The number of aromatic nitrogens is 2. The molecule has 2 aromatic heterocycles. The minimum Gasteiger partial charge on any atom is -0.334 e. The quantitative estimate of drug-likeness (QED) is 0.288. The molecular weight excluding hydrogens is 640 g/mol. The van der Waals surface area contributed by atoms with Gasteiger partial charge < -0.3 is 5.32 Å². The van der Waals surface area contributed by atoms with Crippen molar-refractivity contribution in [2.45, 2.75) is 36.4 Å². The monoisotopic (exact) mass is 648 g/mol. The molecule has 0 aliphatic heterocycles. The summed E-state index contributed by atoms with van der Waals surface area (Å²) in [5.41, 5.74) is -8.00. The van der Waals surface area contributed by atoms with E-state index in [-0.39, 0.29) is 21.7 Å². The predicted molar refractivity (Wildman–Crippen MR) is 125 cm³/mol. The standard InChI is InChI=1S/C21H10BrCl2F7N4OS/c22-12-3-10(19(25,20(26,27)28)21(29,30)31)4-13(23)15(12)35-7-9(6-33-35)14-5-11(16(24)37-14)17(36)34-18(8-32)1-2-18/h3-7H,1-2H2,(H,34,36). The van der Waals surface area contributed by atoms with E-state index >= 15 is 0 Å². The summed E-state index contributed by atoms with van der Waals surface area (Å²) in [6, 6.07) is 4.03. The van der Waals surface area contributed by atoms with Crippen LogP contribution in [0.2, 0.25) is 9.36 Å². The van der Waals surface area contributed by atoms with E-state index in [0.29, 0.717) is 29.3 Å². The van der Waals surface area contributed by atoms with Crippen molar-refractivity contribution in [2.24, 2.45) is 0 Å². The number of hydrogen-bond acceptors (Lipinski definition) is 4. The van der Waals surface area contributed by atoms with Gasteiger partial charge in [-0.15, -0.1) is 11.3 Å². The van der Waals surface area contributed by atoms with Crippen molar-refractivity contribution in [3.8, 4) is 22.2 Å². The summed E-state index contributed by atoms with van der Waals surface area (Å²) in [6.07, 6.45) is -8.94. The lowest BCUT2D eigenvalue weighted by Gasteiger charge is -2.30. The third kappa shape index (κ3) is 4.82. The third-order valence-corrected chi connectivity index (χ3v) is 7.84. The molecule has 196 valence electrons. The number of nitrogens with zero attached hydrogens (tertiary/aromatic N) is 3. The Morgan fingerprint density at radius 3 is 2.27 bits per heavy atom. The topological polar surface area (TPSA) is 70.7 Å². The highest BCUT2D eigenvalue weighted by atomic mass is 79.9. The van der Waals surface area contributed by atoms with Gasteiger partial charge in [-0.05, 0) is 47.0 Å². The van der Waals surface area contributed by atoms with Crippen LogP contribution in [0.3, 0.4) is 0 Å². The second kappa shape index (κ2) is 9.14. The Morgan fingerprint density at radius 1 is 1.14 bits per heavy atom. The van der Waals surface area contributed by atoms with Gasteiger partial charge in [0, 0.05) is 26.7 Å². The number of amides is 1. The molecule has 0 atom stereocenters. The van der Waals surface area contributed by atoms with Crippen LogP contribution in [-0.4, -0.2) is 33.6 Å². The van der Waals surface area contributed by atoms with Crippen LogP contribution in [0.1, 0.15) is 28.8 Å². The SMILES string of the molecule is N#CC1(NC(=O)c2cc(-c3cnn(-c4c(Cl)cc(C(F)(C(F)(F)F)C(F)(F)F)cc4Br)c3)sc2Cl)CC1. The number of thiophene rings is 1. The molecule has 0 saturated heterocycles. The number of hydrogen-bond donors (Lipinski definition) is 1. The Kier molecular flexibility index (Phi) is 6.84. The Labute approximate surface area is 225 Å². The zero-order chi connectivity index (χ0) is 27.6. The second-order valence-electron chi connectivity index (χ2n) is 8.06. The van der Waals surface area contributed by atoms with Gasteiger partial charge in [0.15, 0.2) is 0 Å².